The molecule has 1 unspecified atom stereocenters. The van der Waals surface area contributed by atoms with Crippen LogP contribution in [0.15, 0.2) is 0 Å². The summed E-state index contributed by atoms with van der Waals surface area (Å²) in [6, 6.07) is -2.18. The van der Waals surface area contributed by atoms with Gasteiger partial charge in [0.2, 0.25) is 5.91 Å². The maximum absolute atomic E-state index is 14.8. The van der Waals surface area contributed by atoms with E-state index < -0.39 is 59.1 Å². The summed E-state index contributed by atoms with van der Waals surface area (Å²) in [6.07, 6.45) is -7.06. The zero-order valence-corrected chi connectivity index (χ0v) is 13.6. The normalized spacial score (nSPS) is 37.4. The molecule has 1 fully saturated rings. The second-order valence-corrected chi connectivity index (χ2v) is 5.81. The van der Waals surface area contributed by atoms with Gasteiger partial charge in [0.05, 0.1) is 0 Å². The molecule has 0 saturated carbocycles. The van der Waals surface area contributed by atoms with Gasteiger partial charge >= 0.3 is 0 Å². The lowest BCUT2D eigenvalue weighted by atomic mass is 9.74. The highest BCUT2D eigenvalue weighted by molar-refractivity contribution is 5.93. The molecular weight excluding hydrogens is 329 g/mol. The number of carbonyl (C=O) groups is 4. The van der Waals surface area contributed by atoms with Crippen LogP contribution < -0.4 is 5.32 Å². The first-order valence-electron chi connectivity index (χ1n) is 7.04. The van der Waals surface area contributed by atoms with E-state index in [-0.39, 0.29) is 0 Å². The molecule has 24 heavy (non-hydrogen) atoms. The molecule has 136 valence electrons. The van der Waals surface area contributed by atoms with E-state index in [1.54, 1.807) is 0 Å². The van der Waals surface area contributed by atoms with Crippen molar-refractivity contribution < 1.29 is 43.6 Å². The van der Waals surface area contributed by atoms with Crippen molar-refractivity contribution >= 4 is 23.3 Å². The molecule has 0 spiro atoms. The fourth-order valence-electron chi connectivity index (χ4n) is 2.59. The molecule has 1 saturated heterocycles. The fourth-order valence-corrected chi connectivity index (χ4v) is 2.59. The van der Waals surface area contributed by atoms with Gasteiger partial charge in [-0.05, 0) is 13.8 Å². The van der Waals surface area contributed by atoms with Crippen LogP contribution in [-0.2, 0) is 23.9 Å². The minimum absolute atomic E-state index is 0.768. The number of amides is 1. The van der Waals surface area contributed by atoms with Crippen molar-refractivity contribution in [1.29, 1.82) is 0 Å². The molecule has 1 heterocycles. The highest BCUT2D eigenvalue weighted by Crippen LogP contribution is 2.39. The number of carbonyl (C=O) groups excluding carboxylic acids is 4. The average molecular weight is 349 g/mol. The zero-order valence-electron chi connectivity index (χ0n) is 13.6. The Hall–Kier alpha value is -1.75. The number of hydrogen-bond donors (Lipinski definition) is 4. The van der Waals surface area contributed by atoms with Crippen LogP contribution >= 0.6 is 0 Å². The summed E-state index contributed by atoms with van der Waals surface area (Å²) >= 11 is 0. The fraction of sp³-hybridized carbons (Fsp3) is 0.714. The standard InChI is InChI=1S/C14H20FNO8/c1-5(17)9(21)10-11(15)13(22,6(2)18)12(16-8(4)20)14(23,24-10)7(3)19/h9-12,21-23H,1-4H3,(H,16,20)/t9?,10-,11-,12+,13+,14+/m1/s1. The Bertz CT molecular complexity index is 581. The largest absolute Gasteiger partial charge is 0.382 e. The second-order valence-electron chi connectivity index (χ2n) is 5.81. The third kappa shape index (κ3) is 3.09. The van der Waals surface area contributed by atoms with Crippen LogP contribution in [0, 0.1) is 0 Å². The molecule has 1 rings (SSSR count). The van der Waals surface area contributed by atoms with Gasteiger partial charge in [0.1, 0.15) is 18.2 Å². The molecule has 1 amide bonds. The number of halogens is 1. The Morgan fingerprint density at radius 1 is 1.08 bits per heavy atom. The van der Waals surface area contributed by atoms with Gasteiger partial charge in [-0.2, -0.15) is 0 Å². The van der Waals surface area contributed by atoms with Gasteiger partial charge in [-0.15, -0.1) is 0 Å². The van der Waals surface area contributed by atoms with E-state index in [9.17, 15) is 38.9 Å². The van der Waals surface area contributed by atoms with E-state index in [2.05, 4.69) is 0 Å². The van der Waals surface area contributed by atoms with E-state index in [4.69, 9.17) is 4.74 Å². The minimum atomic E-state index is -3.11. The summed E-state index contributed by atoms with van der Waals surface area (Å²) in [5, 5.41) is 32.7. The van der Waals surface area contributed by atoms with Crippen molar-refractivity contribution in [2.75, 3.05) is 0 Å². The lowest BCUT2D eigenvalue weighted by molar-refractivity contribution is -0.314. The molecule has 10 heteroatoms. The Labute approximate surface area is 136 Å². The SMILES string of the molecule is CC(=O)N[C@H]1[C@](O)(C(C)=O)[C@H](F)[C@@H](C(O)C(C)=O)O[C@@]1(O)C(C)=O. The number of Topliss-reactive ketones (excluding diaryl/α,β-unsaturated/α-hetero) is 3. The summed E-state index contributed by atoms with van der Waals surface area (Å²) < 4.78 is 19.6. The molecule has 0 aliphatic carbocycles. The first kappa shape index (κ1) is 20.3. The van der Waals surface area contributed by atoms with Crippen LogP contribution in [0.3, 0.4) is 0 Å². The molecule has 9 nitrogen and oxygen atoms in total. The summed E-state index contributed by atoms with van der Waals surface area (Å²) in [5.74, 6) is -7.31. The molecule has 1 aliphatic heterocycles. The maximum Gasteiger partial charge on any atom is 0.251 e. The smallest absolute Gasteiger partial charge is 0.251 e. The number of alkyl halides is 1. The predicted octanol–water partition coefficient (Wildman–Crippen LogP) is -2.22. The van der Waals surface area contributed by atoms with Crippen LogP contribution in [-0.4, -0.2) is 74.4 Å². The van der Waals surface area contributed by atoms with Gasteiger partial charge in [0, 0.05) is 13.8 Å². The third-order valence-electron chi connectivity index (χ3n) is 4.00. The Balaban J connectivity index is 3.58. The van der Waals surface area contributed by atoms with E-state index in [1.807, 2.05) is 5.32 Å². The summed E-state index contributed by atoms with van der Waals surface area (Å²) in [6.45, 7) is 3.42. The number of rotatable bonds is 5. The Morgan fingerprint density at radius 2 is 1.58 bits per heavy atom. The molecule has 0 aromatic rings. The van der Waals surface area contributed by atoms with E-state index in [0.717, 1.165) is 27.7 Å². The summed E-state index contributed by atoms with van der Waals surface area (Å²) in [7, 11) is 0. The van der Waals surface area contributed by atoms with Gasteiger partial charge < -0.3 is 25.4 Å². The van der Waals surface area contributed by atoms with Crippen molar-refractivity contribution in [3.05, 3.63) is 0 Å². The van der Waals surface area contributed by atoms with Gasteiger partial charge in [0.25, 0.3) is 5.79 Å². The minimum Gasteiger partial charge on any atom is -0.382 e. The Kier molecular flexibility index (Phi) is 5.61. The summed E-state index contributed by atoms with van der Waals surface area (Å²) in [5.41, 5.74) is -3.11. The number of hydrogen-bond acceptors (Lipinski definition) is 8. The van der Waals surface area contributed by atoms with Gasteiger partial charge in [-0.25, -0.2) is 4.39 Å². The number of ether oxygens (including phenoxy) is 1. The van der Waals surface area contributed by atoms with Crippen molar-refractivity contribution in [2.45, 2.75) is 63.5 Å². The van der Waals surface area contributed by atoms with E-state index in [0.29, 0.717) is 0 Å². The molecule has 0 aromatic heterocycles. The average Bonchev–Trinajstić information content (AvgIpc) is 2.45. The van der Waals surface area contributed by atoms with Gasteiger partial charge in [-0.3, -0.25) is 19.2 Å². The van der Waals surface area contributed by atoms with Gasteiger partial charge in [0.15, 0.2) is 29.1 Å². The van der Waals surface area contributed by atoms with Crippen LogP contribution in [0.25, 0.3) is 0 Å². The van der Waals surface area contributed by atoms with Crippen LogP contribution in [0.5, 0.6) is 0 Å². The van der Waals surface area contributed by atoms with Gasteiger partial charge in [-0.1, -0.05) is 0 Å². The quantitative estimate of drug-likeness (QED) is 0.436. The lowest BCUT2D eigenvalue weighted by Crippen LogP contribution is -2.80. The molecule has 1 aliphatic rings. The maximum atomic E-state index is 14.8. The number of nitrogens with one attached hydrogen (secondary N) is 1. The molecule has 6 atom stereocenters. The highest BCUT2D eigenvalue weighted by atomic mass is 19.1. The number of aliphatic hydroxyl groups is 3. The zero-order chi connectivity index (χ0) is 19.0. The summed E-state index contributed by atoms with van der Waals surface area (Å²) in [4.78, 5) is 46.4. The molecular formula is C14H20FNO8. The van der Waals surface area contributed by atoms with Crippen LogP contribution in [0.2, 0.25) is 0 Å². The van der Waals surface area contributed by atoms with Crippen molar-refractivity contribution in [1.82, 2.24) is 5.32 Å². The highest BCUT2D eigenvalue weighted by Gasteiger charge is 2.68. The third-order valence-corrected chi connectivity index (χ3v) is 4.00. The van der Waals surface area contributed by atoms with Crippen molar-refractivity contribution in [2.24, 2.45) is 0 Å². The lowest BCUT2D eigenvalue weighted by Gasteiger charge is -2.51. The molecule has 4 N–H and O–H groups in total. The van der Waals surface area contributed by atoms with Crippen LogP contribution in [0.4, 0.5) is 4.39 Å². The monoisotopic (exact) mass is 349 g/mol. The van der Waals surface area contributed by atoms with Crippen molar-refractivity contribution in [3.8, 4) is 0 Å². The molecule has 0 aromatic carbocycles. The predicted molar refractivity (Wildman–Crippen MR) is 75.3 cm³/mol. The second kappa shape index (κ2) is 6.63. The first-order chi connectivity index (χ1) is 10.8. The van der Waals surface area contributed by atoms with E-state index >= 15 is 0 Å². The molecule has 0 radical (unpaired) electrons. The van der Waals surface area contributed by atoms with E-state index in [1.165, 1.54) is 0 Å². The number of aliphatic hydroxyl groups excluding tert-OH is 1. The topological polar surface area (TPSA) is 150 Å². The molecule has 0 bridgehead atoms. The number of ketones is 3. The van der Waals surface area contributed by atoms with Crippen LogP contribution in [0.1, 0.15) is 27.7 Å². The first-order valence-corrected chi connectivity index (χ1v) is 7.04. The van der Waals surface area contributed by atoms with Crippen molar-refractivity contribution in [3.63, 3.8) is 0 Å². The Morgan fingerprint density at radius 3 is 1.92 bits per heavy atom.